The van der Waals surface area contributed by atoms with Crippen molar-refractivity contribution in [2.24, 2.45) is 0 Å². The zero-order valence-corrected chi connectivity index (χ0v) is 22.1. The zero-order valence-electron chi connectivity index (χ0n) is 21.3. The van der Waals surface area contributed by atoms with E-state index >= 15 is 0 Å². The quantitative estimate of drug-likeness (QED) is 0.426. The number of benzene rings is 2. The average Bonchev–Trinajstić information content (AvgIpc) is 3.10. The molecule has 1 fully saturated rings. The zero-order chi connectivity index (χ0) is 29.4. The fourth-order valence-corrected chi connectivity index (χ4v) is 4.79. The minimum atomic E-state index is -4.61. The molecule has 3 N–H and O–H groups in total. The van der Waals surface area contributed by atoms with E-state index in [9.17, 15) is 37.1 Å². The fraction of sp³-hybridized carbons (Fsp3) is 0.296. The lowest BCUT2D eigenvalue weighted by atomic mass is 9.81. The second-order valence-corrected chi connectivity index (χ2v) is 10.5. The van der Waals surface area contributed by atoms with Gasteiger partial charge in [-0.2, -0.15) is 13.2 Å². The number of imide groups is 2. The Morgan fingerprint density at radius 2 is 1.80 bits per heavy atom. The summed E-state index contributed by atoms with van der Waals surface area (Å²) in [5.74, 6) is -3.04. The van der Waals surface area contributed by atoms with Gasteiger partial charge in [-0.05, 0) is 47.7 Å². The maximum Gasteiger partial charge on any atom is 0.417 e. The van der Waals surface area contributed by atoms with Gasteiger partial charge < -0.3 is 10.6 Å². The predicted molar refractivity (Wildman–Crippen MR) is 139 cm³/mol. The van der Waals surface area contributed by atoms with Gasteiger partial charge in [0.2, 0.25) is 17.7 Å². The third kappa shape index (κ3) is 6.17. The summed E-state index contributed by atoms with van der Waals surface area (Å²) in [6.07, 6.45) is -3.54. The number of amides is 5. The molecule has 0 radical (unpaired) electrons. The van der Waals surface area contributed by atoms with Crippen molar-refractivity contribution in [2.75, 3.05) is 10.6 Å². The summed E-state index contributed by atoms with van der Waals surface area (Å²) in [7, 11) is 0. The molecule has 0 saturated carbocycles. The highest BCUT2D eigenvalue weighted by Crippen LogP contribution is 2.36. The van der Waals surface area contributed by atoms with Crippen molar-refractivity contribution in [2.45, 2.75) is 50.7 Å². The molecule has 4 rings (SSSR count). The molecule has 0 aromatic heterocycles. The molecule has 2 aromatic rings. The average molecular weight is 577 g/mol. The molecule has 2 aliphatic rings. The molecule has 0 spiro atoms. The Morgan fingerprint density at radius 3 is 2.45 bits per heavy atom. The normalized spacial score (nSPS) is 18.0. The molecular weight excluding hydrogens is 553 g/mol. The molecule has 0 bridgehead atoms. The van der Waals surface area contributed by atoms with E-state index in [0.717, 1.165) is 29.2 Å². The van der Waals surface area contributed by atoms with Crippen LogP contribution in [0.15, 0.2) is 54.2 Å². The number of hydrogen-bond acceptors (Lipinski definition) is 6. The number of halogens is 4. The Balaban J connectivity index is 1.43. The fourth-order valence-electron chi connectivity index (χ4n) is 4.50. The summed E-state index contributed by atoms with van der Waals surface area (Å²) in [5.41, 5.74) is -0.557. The minimum absolute atomic E-state index is 0.00679. The lowest BCUT2D eigenvalue weighted by Gasteiger charge is -2.28. The SMILES string of the molecule is CC(C)(CC(=O)Nc1ccc(C(F)(F)F)c(Cl)c1)c1cccc(NC2=CC(=O)N(C3CCC(=O)NC3=O)C2=O)c1. The topological polar surface area (TPSA) is 125 Å². The Bertz CT molecular complexity index is 1450. The van der Waals surface area contributed by atoms with Crippen LogP contribution in [-0.2, 0) is 35.6 Å². The molecule has 1 atom stereocenters. The van der Waals surface area contributed by atoms with Crippen molar-refractivity contribution in [3.63, 3.8) is 0 Å². The molecule has 2 aliphatic heterocycles. The van der Waals surface area contributed by atoms with E-state index in [1.165, 1.54) is 0 Å². The van der Waals surface area contributed by atoms with E-state index in [1.54, 1.807) is 38.1 Å². The number of anilines is 2. The van der Waals surface area contributed by atoms with Crippen LogP contribution >= 0.6 is 11.6 Å². The lowest BCUT2D eigenvalue weighted by molar-refractivity contribution is -0.149. The first-order chi connectivity index (χ1) is 18.7. The molecule has 1 unspecified atom stereocenters. The van der Waals surface area contributed by atoms with E-state index in [4.69, 9.17) is 11.6 Å². The first kappa shape index (κ1) is 28.8. The lowest BCUT2D eigenvalue weighted by Crippen LogP contribution is -2.54. The summed E-state index contributed by atoms with van der Waals surface area (Å²) in [6.45, 7) is 3.58. The molecule has 13 heteroatoms. The number of nitrogens with zero attached hydrogens (tertiary/aromatic N) is 1. The van der Waals surface area contributed by atoms with E-state index in [2.05, 4.69) is 16.0 Å². The third-order valence-corrected chi connectivity index (χ3v) is 6.87. The summed E-state index contributed by atoms with van der Waals surface area (Å²) in [6, 6.07) is 8.65. The molecule has 9 nitrogen and oxygen atoms in total. The van der Waals surface area contributed by atoms with Crippen molar-refractivity contribution in [3.8, 4) is 0 Å². The molecule has 210 valence electrons. The second kappa shape index (κ2) is 10.8. The molecule has 5 amide bonds. The van der Waals surface area contributed by atoms with E-state index in [1.807, 2.05) is 0 Å². The monoisotopic (exact) mass is 576 g/mol. The summed E-state index contributed by atoms with van der Waals surface area (Å²) in [4.78, 5) is 62.6. The Hall–Kier alpha value is -4.19. The van der Waals surface area contributed by atoms with Gasteiger partial charge >= 0.3 is 6.18 Å². The Kier molecular flexibility index (Phi) is 7.75. The molecule has 2 heterocycles. The van der Waals surface area contributed by atoms with Gasteiger partial charge in [-0.15, -0.1) is 0 Å². The second-order valence-electron chi connectivity index (χ2n) is 10.0. The van der Waals surface area contributed by atoms with Crippen molar-refractivity contribution in [1.82, 2.24) is 10.2 Å². The van der Waals surface area contributed by atoms with Crippen molar-refractivity contribution < 1.29 is 37.1 Å². The highest BCUT2D eigenvalue weighted by atomic mass is 35.5. The number of rotatable bonds is 7. The predicted octanol–water partition coefficient (Wildman–Crippen LogP) is 4.14. The summed E-state index contributed by atoms with van der Waals surface area (Å²) in [5, 5.41) is 7.04. The molecule has 40 heavy (non-hydrogen) atoms. The van der Waals surface area contributed by atoms with Crippen LogP contribution in [0.5, 0.6) is 0 Å². The van der Waals surface area contributed by atoms with Crippen LogP contribution in [0.4, 0.5) is 24.5 Å². The van der Waals surface area contributed by atoms with E-state index in [0.29, 0.717) is 11.3 Å². The van der Waals surface area contributed by atoms with Crippen LogP contribution in [0, 0.1) is 0 Å². The van der Waals surface area contributed by atoms with Gasteiger partial charge in [-0.25, -0.2) is 0 Å². The maximum absolute atomic E-state index is 12.9. The van der Waals surface area contributed by atoms with Crippen molar-refractivity contribution in [1.29, 1.82) is 0 Å². The van der Waals surface area contributed by atoms with Crippen LogP contribution in [0.25, 0.3) is 0 Å². The van der Waals surface area contributed by atoms with Gasteiger partial charge in [0.15, 0.2) is 0 Å². The highest BCUT2D eigenvalue weighted by Gasteiger charge is 2.42. The molecule has 1 saturated heterocycles. The summed E-state index contributed by atoms with van der Waals surface area (Å²) >= 11 is 5.73. The number of carbonyl (C=O) groups excluding carboxylic acids is 5. The molecule has 2 aromatic carbocycles. The van der Waals surface area contributed by atoms with Crippen LogP contribution in [0.1, 0.15) is 44.2 Å². The first-order valence-electron chi connectivity index (χ1n) is 12.1. The van der Waals surface area contributed by atoms with Gasteiger partial charge in [-0.1, -0.05) is 37.6 Å². The molecule has 0 aliphatic carbocycles. The van der Waals surface area contributed by atoms with Gasteiger partial charge in [0.05, 0.1) is 10.6 Å². The van der Waals surface area contributed by atoms with E-state index in [-0.39, 0.29) is 30.6 Å². The largest absolute Gasteiger partial charge is 0.417 e. The minimum Gasteiger partial charge on any atom is -0.351 e. The smallest absolute Gasteiger partial charge is 0.351 e. The van der Waals surface area contributed by atoms with Crippen LogP contribution < -0.4 is 16.0 Å². The van der Waals surface area contributed by atoms with Crippen molar-refractivity contribution in [3.05, 3.63) is 70.4 Å². The third-order valence-electron chi connectivity index (χ3n) is 6.56. The van der Waals surface area contributed by atoms with E-state index < -0.39 is 57.8 Å². The summed E-state index contributed by atoms with van der Waals surface area (Å²) < 4.78 is 38.8. The first-order valence-corrected chi connectivity index (χ1v) is 12.5. The number of carbonyl (C=O) groups is 5. The number of nitrogens with one attached hydrogen (secondary N) is 3. The highest BCUT2D eigenvalue weighted by molar-refractivity contribution is 6.31. The number of piperidine rings is 1. The van der Waals surface area contributed by atoms with Crippen LogP contribution in [-0.4, -0.2) is 40.5 Å². The van der Waals surface area contributed by atoms with Gasteiger partial charge in [0.25, 0.3) is 11.8 Å². The number of alkyl halides is 3. The number of hydrogen-bond donors (Lipinski definition) is 3. The van der Waals surface area contributed by atoms with Crippen LogP contribution in [0.2, 0.25) is 5.02 Å². The van der Waals surface area contributed by atoms with Gasteiger partial charge in [-0.3, -0.25) is 34.2 Å². The molecular formula is C27H24ClF3N4O5. The maximum atomic E-state index is 12.9. The Labute approximate surface area is 231 Å². The standard InChI is InChI=1S/C27H24ClF3N4O5/c1-26(2,13-22(37)33-16-6-7-17(18(28)11-16)27(29,30)31)14-4-3-5-15(10-14)32-19-12-23(38)35(25(19)40)20-8-9-21(36)34-24(20)39/h3-7,10-12,20,32H,8-9,13H2,1-2H3,(H,33,37)(H,34,36,39). The van der Waals surface area contributed by atoms with Gasteiger partial charge in [0, 0.05) is 30.3 Å². The Morgan fingerprint density at radius 1 is 1.07 bits per heavy atom. The van der Waals surface area contributed by atoms with Crippen LogP contribution in [0.3, 0.4) is 0 Å². The van der Waals surface area contributed by atoms with Gasteiger partial charge in [0.1, 0.15) is 11.7 Å². The van der Waals surface area contributed by atoms with Crippen molar-refractivity contribution >= 4 is 52.5 Å².